The number of halogens is 1. The van der Waals surface area contributed by atoms with Crippen LogP contribution in [-0.2, 0) is 0 Å². The van der Waals surface area contributed by atoms with Gasteiger partial charge in [-0.25, -0.2) is 4.98 Å². The van der Waals surface area contributed by atoms with Crippen molar-refractivity contribution < 1.29 is 0 Å². The number of nitrogens with two attached hydrogens (primary N) is 1. The number of benzene rings is 2. The summed E-state index contributed by atoms with van der Waals surface area (Å²) in [7, 11) is 0. The molecule has 164 valence electrons. The summed E-state index contributed by atoms with van der Waals surface area (Å²) in [6.45, 7) is 1.99. The first-order valence-corrected chi connectivity index (χ1v) is 11.7. The minimum Gasteiger partial charge on any atom is -0.368 e. The van der Waals surface area contributed by atoms with Gasteiger partial charge in [-0.2, -0.15) is 16.3 Å². The molecule has 0 saturated heterocycles. The van der Waals surface area contributed by atoms with Crippen LogP contribution < -0.4 is 16.6 Å². The SMILES string of the molecule is C[C@H](Nc1nc(N)ncc1-c1ccsc1)c1cc2cccc(Cl)c2c(=O)n1-c1ccccc1. The van der Waals surface area contributed by atoms with Crippen molar-refractivity contribution in [3.63, 3.8) is 0 Å². The van der Waals surface area contributed by atoms with Crippen molar-refractivity contribution >= 4 is 45.5 Å². The Morgan fingerprint density at radius 1 is 1.12 bits per heavy atom. The average Bonchev–Trinajstić information content (AvgIpc) is 3.34. The Balaban J connectivity index is 1.68. The zero-order chi connectivity index (χ0) is 22.9. The second-order valence-electron chi connectivity index (χ2n) is 7.62. The quantitative estimate of drug-likeness (QED) is 0.331. The van der Waals surface area contributed by atoms with Crippen LogP contribution >= 0.6 is 22.9 Å². The Bertz CT molecular complexity index is 1500. The monoisotopic (exact) mass is 473 g/mol. The van der Waals surface area contributed by atoms with Crippen LogP contribution in [0.15, 0.2) is 82.4 Å². The second-order valence-corrected chi connectivity index (χ2v) is 8.81. The molecule has 0 aliphatic rings. The first-order chi connectivity index (χ1) is 16.0. The maximum atomic E-state index is 13.6. The van der Waals surface area contributed by atoms with Crippen LogP contribution in [0.1, 0.15) is 18.7 Å². The van der Waals surface area contributed by atoms with E-state index in [0.29, 0.717) is 16.2 Å². The van der Waals surface area contributed by atoms with Gasteiger partial charge in [0.05, 0.1) is 16.5 Å². The van der Waals surface area contributed by atoms with Gasteiger partial charge in [0.15, 0.2) is 0 Å². The van der Waals surface area contributed by atoms with E-state index in [2.05, 4.69) is 15.3 Å². The molecule has 1 atom stereocenters. The molecule has 0 aliphatic heterocycles. The molecule has 2 aromatic carbocycles. The number of rotatable bonds is 5. The van der Waals surface area contributed by atoms with Crippen molar-refractivity contribution in [2.24, 2.45) is 0 Å². The lowest BCUT2D eigenvalue weighted by molar-refractivity contribution is 0.773. The summed E-state index contributed by atoms with van der Waals surface area (Å²) in [5.74, 6) is 0.779. The topological polar surface area (TPSA) is 85.8 Å². The van der Waals surface area contributed by atoms with Crippen molar-refractivity contribution in [3.8, 4) is 16.8 Å². The fraction of sp³-hybridized carbons (Fsp3) is 0.0800. The van der Waals surface area contributed by atoms with Gasteiger partial charge in [-0.05, 0) is 59.0 Å². The van der Waals surface area contributed by atoms with E-state index in [1.165, 1.54) is 0 Å². The lowest BCUT2D eigenvalue weighted by Gasteiger charge is -2.22. The molecule has 0 radical (unpaired) electrons. The van der Waals surface area contributed by atoms with Gasteiger partial charge in [0.1, 0.15) is 5.82 Å². The number of fused-ring (bicyclic) bond motifs is 1. The normalized spacial score (nSPS) is 12.1. The van der Waals surface area contributed by atoms with Gasteiger partial charge >= 0.3 is 0 Å². The summed E-state index contributed by atoms with van der Waals surface area (Å²) in [6.07, 6.45) is 1.71. The minimum atomic E-state index is -0.284. The standard InChI is InChI=1S/C25H20ClN5OS/c1-15(29-23-19(13-28-25(27)30-23)17-10-11-33-14-17)21-12-16-6-5-9-20(26)22(16)24(32)31(21)18-7-3-2-4-8-18/h2-15H,1H3,(H3,27,28,29,30)/t15-/m0/s1. The number of anilines is 2. The molecule has 5 aromatic rings. The zero-order valence-electron chi connectivity index (χ0n) is 17.7. The predicted octanol–water partition coefficient (Wildman–Crippen LogP) is 5.92. The van der Waals surface area contributed by atoms with Crippen molar-refractivity contribution in [1.29, 1.82) is 0 Å². The highest BCUT2D eigenvalue weighted by molar-refractivity contribution is 7.08. The molecule has 0 unspecified atom stereocenters. The maximum absolute atomic E-state index is 13.6. The average molecular weight is 474 g/mol. The van der Waals surface area contributed by atoms with Crippen LogP contribution in [0.5, 0.6) is 0 Å². The number of pyridine rings is 1. The molecule has 3 heterocycles. The molecule has 0 bridgehead atoms. The Hall–Kier alpha value is -3.68. The van der Waals surface area contributed by atoms with Crippen molar-refractivity contribution in [2.75, 3.05) is 11.1 Å². The summed E-state index contributed by atoms with van der Waals surface area (Å²) < 4.78 is 1.70. The molecule has 0 saturated carbocycles. The molecule has 0 aliphatic carbocycles. The third kappa shape index (κ3) is 3.97. The summed E-state index contributed by atoms with van der Waals surface area (Å²) in [6, 6.07) is 18.7. The molecule has 6 nitrogen and oxygen atoms in total. The molecular formula is C25H20ClN5OS. The summed E-state index contributed by atoms with van der Waals surface area (Å²) in [4.78, 5) is 22.3. The van der Waals surface area contributed by atoms with E-state index < -0.39 is 0 Å². The third-order valence-electron chi connectivity index (χ3n) is 5.48. The Labute approximate surface area is 199 Å². The first-order valence-electron chi connectivity index (χ1n) is 10.3. The summed E-state index contributed by atoms with van der Waals surface area (Å²) >= 11 is 8.01. The van der Waals surface area contributed by atoms with Gasteiger partial charge in [0.2, 0.25) is 5.95 Å². The van der Waals surface area contributed by atoms with E-state index in [-0.39, 0.29) is 17.5 Å². The van der Waals surface area contributed by atoms with Crippen LogP contribution in [0.25, 0.3) is 27.6 Å². The van der Waals surface area contributed by atoms with E-state index in [4.69, 9.17) is 17.3 Å². The number of nitrogen functional groups attached to an aromatic ring is 1. The molecule has 0 spiro atoms. The lowest BCUT2D eigenvalue weighted by atomic mass is 10.1. The fourth-order valence-corrected chi connectivity index (χ4v) is 4.83. The predicted molar refractivity (Wildman–Crippen MR) is 136 cm³/mol. The van der Waals surface area contributed by atoms with E-state index in [1.54, 1.807) is 28.2 Å². The molecular weight excluding hydrogens is 454 g/mol. The number of thiophene rings is 1. The lowest BCUT2D eigenvalue weighted by Crippen LogP contribution is -2.26. The number of hydrogen-bond acceptors (Lipinski definition) is 6. The molecule has 33 heavy (non-hydrogen) atoms. The molecule has 5 rings (SSSR count). The van der Waals surface area contributed by atoms with Gasteiger partial charge in [-0.3, -0.25) is 9.36 Å². The van der Waals surface area contributed by atoms with E-state index in [0.717, 1.165) is 27.9 Å². The van der Waals surface area contributed by atoms with E-state index >= 15 is 0 Å². The van der Waals surface area contributed by atoms with Crippen molar-refractivity contribution in [3.05, 3.63) is 98.7 Å². The van der Waals surface area contributed by atoms with Gasteiger partial charge in [0, 0.05) is 23.1 Å². The molecule has 3 N–H and O–H groups in total. The highest BCUT2D eigenvalue weighted by atomic mass is 35.5. The number of aromatic nitrogens is 3. The Kier molecular flexibility index (Phi) is 5.58. The number of para-hydroxylation sites is 1. The van der Waals surface area contributed by atoms with Crippen LogP contribution in [0.4, 0.5) is 11.8 Å². The van der Waals surface area contributed by atoms with Gasteiger partial charge in [-0.1, -0.05) is 41.9 Å². The summed E-state index contributed by atoms with van der Waals surface area (Å²) in [5.41, 5.74) is 9.10. The van der Waals surface area contributed by atoms with Gasteiger partial charge in [0.25, 0.3) is 5.56 Å². The van der Waals surface area contributed by atoms with Gasteiger partial charge < -0.3 is 11.1 Å². The Morgan fingerprint density at radius 3 is 2.70 bits per heavy atom. The van der Waals surface area contributed by atoms with Crippen LogP contribution in [0.3, 0.4) is 0 Å². The number of nitrogens with one attached hydrogen (secondary N) is 1. The van der Waals surface area contributed by atoms with Crippen LogP contribution in [0, 0.1) is 0 Å². The van der Waals surface area contributed by atoms with Gasteiger partial charge in [-0.15, -0.1) is 0 Å². The maximum Gasteiger partial charge on any atom is 0.264 e. The highest BCUT2D eigenvalue weighted by Crippen LogP contribution is 2.32. The third-order valence-corrected chi connectivity index (χ3v) is 6.47. The molecule has 8 heteroatoms. The van der Waals surface area contributed by atoms with E-state index in [9.17, 15) is 4.79 Å². The first kappa shape index (κ1) is 21.2. The highest BCUT2D eigenvalue weighted by Gasteiger charge is 2.19. The fourth-order valence-electron chi connectivity index (χ4n) is 3.92. The smallest absolute Gasteiger partial charge is 0.264 e. The molecule has 3 aromatic heterocycles. The zero-order valence-corrected chi connectivity index (χ0v) is 19.3. The second kappa shape index (κ2) is 8.69. The largest absolute Gasteiger partial charge is 0.368 e. The van der Waals surface area contributed by atoms with Crippen molar-refractivity contribution in [1.82, 2.24) is 14.5 Å². The molecule has 0 amide bonds. The van der Waals surface area contributed by atoms with Crippen LogP contribution in [0.2, 0.25) is 5.02 Å². The summed E-state index contributed by atoms with van der Waals surface area (Å²) in [5, 5.41) is 9.18. The number of nitrogens with zero attached hydrogens (tertiary/aromatic N) is 3. The Morgan fingerprint density at radius 2 is 1.94 bits per heavy atom. The van der Waals surface area contributed by atoms with E-state index in [1.807, 2.05) is 72.3 Å². The molecule has 0 fully saturated rings. The van der Waals surface area contributed by atoms with Crippen LogP contribution in [-0.4, -0.2) is 14.5 Å². The number of hydrogen-bond donors (Lipinski definition) is 2. The van der Waals surface area contributed by atoms with Crippen molar-refractivity contribution in [2.45, 2.75) is 13.0 Å². The minimum absolute atomic E-state index is 0.173.